The summed E-state index contributed by atoms with van der Waals surface area (Å²) in [5.41, 5.74) is 4.45. The summed E-state index contributed by atoms with van der Waals surface area (Å²) in [5.74, 6) is -0.168. The van der Waals surface area contributed by atoms with Gasteiger partial charge in [0.05, 0.1) is 18.6 Å². The topological polar surface area (TPSA) is 38.3 Å². The smallest absolute Gasteiger partial charge is 0.307 e. The van der Waals surface area contributed by atoms with Crippen LogP contribution in [-0.4, -0.2) is 19.6 Å². The van der Waals surface area contributed by atoms with Crippen molar-refractivity contribution in [1.29, 1.82) is 0 Å². The molecule has 0 spiro atoms. The fourth-order valence-electron chi connectivity index (χ4n) is 2.85. The van der Waals surface area contributed by atoms with E-state index < -0.39 is 5.54 Å². The standard InChI is InChI=1S/C16H25NO2/c1-7-19-14(18)10-16(5,17-6)15-12(3)8-11(2)9-13(15)4/h8-9,17H,7,10H2,1-6H3. The molecular weight excluding hydrogens is 238 g/mol. The molecule has 3 nitrogen and oxygen atoms in total. The summed E-state index contributed by atoms with van der Waals surface area (Å²) in [5, 5.41) is 3.28. The van der Waals surface area contributed by atoms with Crippen molar-refractivity contribution in [1.82, 2.24) is 5.32 Å². The molecule has 0 aliphatic heterocycles. The third kappa shape index (κ3) is 3.57. The van der Waals surface area contributed by atoms with Crippen molar-refractivity contribution in [3.63, 3.8) is 0 Å². The third-order valence-corrected chi connectivity index (χ3v) is 3.58. The zero-order chi connectivity index (χ0) is 14.6. The first-order chi connectivity index (χ1) is 8.84. The van der Waals surface area contributed by atoms with Gasteiger partial charge in [0.25, 0.3) is 0 Å². The van der Waals surface area contributed by atoms with Gasteiger partial charge in [-0.25, -0.2) is 0 Å². The highest BCUT2D eigenvalue weighted by Crippen LogP contribution is 2.31. The zero-order valence-corrected chi connectivity index (χ0v) is 12.9. The monoisotopic (exact) mass is 263 g/mol. The minimum Gasteiger partial charge on any atom is -0.466 e. The molecule has 1 aromatic rings. The summed E-state index contributed by atoms with van der Waals surface area (Å²) in [6, 6.07) is 4.31. The van der Waals surface area contributed by atoms with Crippen LogP contribution in [0.2, 0.25) is 0 Å². The van der Waals surface area contributed by atoms with Gasteiger partial charge in [-0.3, -0.25) is 4.79 Å². The molecule has 1 N–H and O–H groups in total. The lowest BCUT2D eigenvalue weighted by atomic mass is 9.82. The maximum atomic E-state index is 11.8. The van der Waals surface area contributed by atoms with Crippen molar-refractivity contribution < 1.29 is 9.53 Å². The number of aryl methyl sites for hydroxylation is 3. The van der Waals surface area contributed by atoms with Crippen LogP contribution in [0.25, 0.3) is 0 Å². The van der Waals surface area contributed by atoms with E-state index in [2.05, 4.69) is 45.1 Å². The van der Waals surface area contributed by atoms with Gasteiger partial charge < -0.3 is 10.1 Å². The van der Waals surface area contributed by atoms with Crippen LogP contribution in [0.4, 0.5) is 0 Å². The Morgan fingerprint density at radius 3 is 2.21 bits per heavy atom. The number of nitrogens with one attached hydrogen (secondary N) is 1. The van der Waals surface area contributed by atoms with Crippen molar-refractivity contribution in [2.45, 2.75) is 46.6 Å². The normalized spacial score (nSPS) is 14.0. The van der Waals surface area contributed by atoms with E-state index in [-0.39, 0.29) is 5.97 Å². The minimum atomic E-state index is -0.395. The van der Waals surface area contributed by atoms with Gasteiger partial charge in [-0.15, -0.1) is 0 Å². The summed E-state index contributed by atoms with van der Waals surface area (Å²) in [6.07, 6.45) is 0.335. The van der Waals surface area contributed by atoms with Crippen LogP contribution in [0.15, 0.2) is 12.1 Å². The van der Waals surface area contributed by atoms with Crippen LogP contribution < -0.4 is 5.32 Å². The third-order valence-electron chi connectivity index (χ3n) is 3.58. The van der Waals surface area contributed by atoms with Gasteiger partial charge in [0.1, 0.15) is 0 Å². The quantitative estimate of drug-likeness (QED) is 0.830. The van der Waals surface area contributed by atoms with Gasteiger partial charge in [0.15, 0.2) is 0 Å². The van der Waals surface area contributed by atoms with E-state index in [1.165, 1.54) is 22.3 Å². The lowest BCUT2D eigenvalue weighted by Gasteiger charge is -2.32. The van der Waals surface area contributed by atoms with Gasteiger partial charge in [0.2, 0.25) is 0 Å². The Morgan fingerprint density at radius 2 is 1.79 bits per heavy atom. The van der Waals surface area contributed by atoms with Crippen LogP contribution in [0.3, 0.4) is 0 Å². The maximum Gasteiger partial charge on any atom is 0.307 e. The van der Waals surface area contributed by atoms with Crippen molar-refractivity contribution >= 4 is 5.97 Å². The van der Waals surface area contributed by atoms with Crippen molar-refractivity contribution in [2.75, 3.05) is 13.7 Å². The molecule has 19 heavy (non-hydrogen) atoms. The lowest BCUT2D eigenvalue weighted by molar-refractivity contribution is -0.144. The van der Waals surface area contributed by atoms with Crippen LogP contribution in [0, 0.1) is 20.8 Å². The van der Waals surface area contributed by atoms with Gasteiger partial charge >= 0.3 is 5.97 Å². The number of rotatable bonds is 5. The number of hydrogen-bond acceptors (Lipinski definition) is 3. The van der Waals surface area contributed by atoms with E-state index in [1.807, 2.05) is 14.0 Å². The second-order valence-electron chi connectivity index (χ2n) is 5.34. The highest BCUT2D eigenvalue weighted by Gasteiger charge is 2.31. The fraction of sp³-hybridized carbons (Fsp3) is 0.562. The van der Waals surface area contributed by atoms with Gasteiger partial charge in [-0.2, -0.15) is 0 Å². The molecule has 0 amide bonds. The van der Waals surface area contributed by atoms with Crippen molar-refractivity contribution in [3.05, 3.63) is 34.4 Å². The second-order valence-corrected chi connectivity index (χ2v) is 5.34. The summed E-state index contributed by atoms with van der Waals surface area (Å²) in [4.78, 5) is 11.8. The lowest BCUT2D eigenvalue weighted by Crippen LogP contribution is -2.40. The number of hydrogen-bond donors (Lipinski definition) is 1. The highest BCUT2D eigenvalue weighted by molar-refractivity contribution is 5.71. The zero-order valence-electron chi connectivity index (χ0n) is 12.9. The fourth-order valence-corrected chi connectivity index (χ4v) is 2.85. The van der Waals surface area contributed by atoms with Crippen LogP contribution in [-0.2, 0) is 15.1 Å². The first kappa shape index (κ1) is 15.7. The molecule has 0 bridgehead atoms. The summed E-state index contributed by atoms with van der Waals surface area (Å²) < 4.78 is 5.09. The summed E-state index contributed by atoms with van der Waals surface area (Å²) in [6.45, 7) is 10.6. The van der Waals surface area contributed by atoms with Crippen LogP contribution >= 0.6 is 0 Å². The van der Waals surface area contributed by atoms with Gasteiger partial charge in [-0.05, 0) is 58.4 Å². The summed E-state index contributed by atoms with van der Waals surface area (Å²) in [7, 11) is 1.89. The van der Waals surface area contributed by atoms with Crippen molar-refractivity contribution in [2.24, 2.45) is 0 Å². The molecule has 1 aromatic carbocycles. The van der Waals surface area contributed by atoms with Crippen LogP contribution in [0.1, 0.15) is 42.5 Å². The van der Waals surface area contributed by atoms with E-state index in [0.717, 1.165) is 0 Å². The molecule has 0 aliphatic rings. The minimum absolute atomic E-state index is 0.168. The first-order valence-corrected chi connectivity index (χ1v) is 6.77. The molecular formula is C16H25NO2. The largest absolute Gasteiger partial charge is 0.466 e. The van der Waals surface area contributed by atoms with E-state index >= 15 is 0 Å². The Hall–Kier alpha value is -1.35. The van der Waals surface area contributed by atoms with E-state index in [4.69, 9.17) is 4.74 Å². The van der Waals surface area contributed by atoms with E-state index in [0.29, 0.717) is 13.0 Å². The second kappa shape index (κ2) is 6.20. The number of benzene rings is 1. The molecule has 0 heterocycles. The molecule has 0 fully saturated rings. The molecule has 1 atom stereocenters. The highest BCUT2D eigenvalue weighted by atomic mass is 16.5. The Labute approximate surface area is 116 Å². The molecule has 1 unspecified atom stereocenters. The van der Waals surface area contributed by atoms with Gasteiger partial charge in [-0.1, -0.05) is 17.7 Å². The van der Waals surface area contributed by atoms with E-state index in [9.17, 15) is 4.79 Å². The van der Waals surface area contributed by atoms with E-state index in [1.54, 1.807) is 0 Å². The molecule has 0 saturated heterocycles. The molecule has 0 aromatic heterocycles. The predicted octanol–water partition coefficient (Wildman–Crippen LogP) is 3.00. The molecule has 0 radical (unpaired) electrons. The molecule has 3 heteroatoms. The van der Waals surface area contributed by atoms with Crippen LogP contribution in [0.5, 0.6) is 0 Å². The average molecular weight is 263 g/mol. The number of ether oxygens (including phenoxy) is 1. The Morgan fingerprint density at radius 1 is 1.26 bits per heavy atom. The van der Waals surface area contributed by atoms with Crippen molar-refractivity contribution in [3.8, 4) is 0 Å². The average Bonchev–Trinajstić information content (AvgIpc) is 2.27. The number of carbonyl (C=O) groups excluding carboxylic acids is 1. The predicted molar refractivity (Wildman–Crippen MR) is 78.3 cm³/mol. The Balaban J connectivity index is 3.18. The number of esters is 1. The molecule has 106 valence electrons. The molecule has 0 aliphatic carbocycles. The maximum absolute atomic E-state index is 11.8. The Kier molecular flexibility index (Phi) is 5.12. The molecule has 0 saturated carbocycles. The summed E-state index contributed by atoms with van der Waals surface area (Å²) >= 11 is 0. The SMILES string of the molecule is CCOC(=O)CC(C)(NC)c1c(C)cc(C)cc1C. The molecule has 1 rings (SSSR count). The Bertz CT molecular complexity index is 445. The first-order valence-electron chi connectivity index (χ1n) is 6.77. The number of carbonyl (C=O) groups is 1. The van der Waals surface area contributed by atoms with Gasteiger partial charge in [0, 0.05) is 0 Å².